The maximum Gasteiger partial charge on any atom is 0.300 e. The van der Waals surface area contributed by atoms with Crippen LogP contribution in [0.5, 0.6) is 5.75 Å². The Balaban J connectivity index is 1.74. The van der Waals surface area contributed by atoms with Crippen LogP contribution >= 0.6 is 11.6 Å². The number of para-hydroxylation sites is 1. The summed E-state index contributed by atoms with van der Waals surface area (Å²) in [5.74, 6) is -1.36. The number of ketones is 1. The van der Waals surface area contributed by atoms with E-state index in [1.165, 1.54) is 18.1 Å². The third kappa shape index (κ3) is 3.78. The number of Topliss-reactive ketones (excluding diaryl/α,β-unsaturated/α-hetero) is 1. The molecule has 3 aromatic carbocycles. The van der Waals surface area contributed by atoms with Crippen molar-refractivity contribution in [3.8, 4) is 5.75 Å². The van der Waals surface area contributed by atoms with E-state index in [0.717, 1.165) is 16.6 Å². The largest absolute Gasteiger partial charge is 0.507 e. The number of anilines is 2. The first kappa shape index (κ1) is 23.5. The number of aliphatic hydroxyl groups is 1. The molecule has 0 bridgehead atoms. The van der Waals surface area contributed by atoms with Crippen molar-refractivity contribution in [1.82, 2.24) is 4.98 Å². The van der Waals surface area contributed by atoms with Crippen LogP contribution in [0.1, 0.15) is 17.2 Å². The van der Waals surface area contributed by atoms with Crippen molar-refractivity contribution in [1.29, 1.82) is 0 Å². The lowest BCUT2D eigenvalue weighted by molar-refractivity contribution is -0.132. The van der Waals surface area contributed by atoms with Crippen LogP contribution in [0.15, 0.2) is 78.5 Å². The van der Waals surface area contributed by atoms with Gasteiger partial charge in [0.2, 0.25) is 0 Å². The molecule has 8 heteroatoms. The van der Waals surface area contributed by atoms with Gasteiger partial charge in [-0.3, -0.25) is 14.5 Å². The minimum atomic E-state index is -0.854. The molecule has 1 fully saturated rings. The first-order chi connectivity index (χ1) is 17.3. The lowest BCUT2D eigenvalue weighted by Crippen LogP contribution is -2.29. The highest BCUT2D eigenvalue weighted by Gasteiger charge is 2.47. The maximum absolute atomic E-state index is 13.4. The van der Waals surface area contributed by atoms with Gasteiger partial charge < -0.3 is 19.7 Å². The van der Waals surface area contributed by atoms with Gasteiger partial charge in [0.05, 0.1) is 23.7 Å². The Morgan fingerprint density at radius 2 is 1.78 bits per heavy atom. The summed E-state index contributed by atoms with van der Waals surface area (Å²) in [5.41, 5.74) is 3.35. The fourth-order valence-electron chi connectivity index (χ4n) is 4.59. The highest BCUT2D eigenvalue weighted by Crippen LogP contribution is 2.44. The summed E-state index contributed by atoms with van der Waals surface area (Å²) >= 11 is 6.29. The van der Waals surface area contributed by atoms with Crippen molar-refractivity contribution < 1.29 is 19.4 Å². The number of carbonyl (C=O) groups excluding carboxylic acids is 2. The molecule has 2 N–H and O–H groups in total. The molecule has 1 aliphatic heterocycles. The summed E-state index contributed by atoms with van der Waals surface area (Å²) in [5, 5.41) is 12.5. The topological polar surface area (TPSA) is 85.9 Å². The number of amides is 1. The van der Waals surface area contributed by atoms with E-state index in [1.807, 2.05) is 55.4 Å². The Labute approximate surface area is 213 Å². The third-order valence-electron chi connectivity index (χ3n) is 6.43. The van der Waals surface area contributed by atoms with E-state index in [1.54, 1.807) is 30.5 Å². The van der Waals surface area contributed by atoms with Gasteiger partial charge in [-0.15, -0.1) is 0 Å². The Bertz CT molecular complexity index is 1520. The van der Waals surface area contributed by atoms with Gasteiger partial charge in [-0.2, -0.15) is 0 Å². The molecule has 1 aromatic heterocycles. The van der Waals surface area contributed by atoms with Crippen molar-refractivity contribution >= 4 is 51.3 Å². The Morgan fingerprint density at radius 1 is 1.06 bits per heavy atom. The van der Waals surface area contributed by atoms with E-state index < -0.39 is 17.7 Å². The van der Waals surface area contributed by atoms with Gasteiger partial charge in [0.25, 0.3) is 11.7 Å². The number of nitrogens with zero attached hydrogens (tertiary/aromatic N) is 2. The fourth-order valence-corrected chi connectivity index (χ4v) is 4.85. The first-order valence-electron chi connectivity index (χ1n) is 11.3. The first-order valence-corrected chi connectivity index (χ1v) is 11.7. The number of aliphatic hydroxyl groups excluding tert-OH is 1. The van der Waals surface area contributed by atoms with Crippen molar-refractivity contribution in [2.24, 2.45) is 0 Å². The molecule has 1 amide bonds. The van der Waals surface area contributed by atoms with E-state index in [4.69, 9.17) is 16.3 Å². The minimum Gasteiger partial charge on any atom is -0.507 e. The number of rotatable bonds is 5. The molecule has 36 heavy (non-hydrogen) atoms. The number of fused-ring (bicyclic) bond motifs is 1. The van der Waals surface area contributed by atoms with Gasteiger partial charge >= 0.3 is 0 Å². The molecule has 4 aromatic rings. The lowest BCUT2D eigenvalue weighted by atomic mass is 9.94. The zero-order valence-electron chi connectivity index (χ0n) is 19.9. The molecule has 0 aliphatic carbocycles. The normalized spacial score (nSPS) is 17.1. The molecule has 0 radical (unpaired) electrons. The Kier molecular flexibility index (Phi) is 5.94. The Morgan fingerprint density at radius 3 is 2.44 bits per heavy atom. The van der Waals surface area contributed by atoms with Crippen molar-refractivity contribution in [3.05, 3.63) is 94.6 Å². The van der Waals surface area contributed by atoms with Crippen LogP contribution in [-0.2, 0) is 9.59 Å². The molecule has 0 saturated carbocycles. The van der Waals surface area contributed by atoms with E-state index in [9.17, 15) is 14.7 Å². The molecule has 7 nitrogen and oxygen atoms in total. The molecule has 0 spiro atoms. The molecule has 1 saturated heterocycles. The average molecular weight is 502 g/mol. The quantitative estimate of drug-likeness (QED) is 0.213. The Hall–Kier alpha value is -4.23. The zero-order chi connectivity index (χ0) is 25.6. The number of methoxy groups -OCH3 is 1. The van der Waals surface area contributed by atoms with Gasteiger partial charge in [-0.1, -0.05) is 29.8 Å². The van der Waals surface area contributed by atoms with Crippen LogP contribution in [0, 0.1) is 0 Å². The molecular formula is C28H24ClN3O4. The second-order valence-corrected chi connectivity index (χ2v) is 9.13. The van der Waals surface area contributed by atoms with Crippen LogP contribution in [0.25, 0.3) is 16.7 Å². The van der Waals surface area contributed by atoms with Crippen molar-refractivity contribution in [2.75, 3.05) is 31.0 Å². The fraction of sp³-hybridized carbons (Fsp3) is 0.143. The summed E-state index contributed by atoms with van der Waals surface area (Å²) in [4.78, 5) is 33.5. The summed E-state index contributed by atoms with van der Waals surface area (Å²) in [6, 6.07) is 18.8. The number of nitrogens with one attached hydrogen (secondary N) is 1. The zero-order valence-corrected chi connectivity index (χ0v) is 20.7. The predicted molar refractivity (Wildman–Crippen MR) is 142 cm³/mol. The number of aromatic nitrogens is 1. The standard InChI is InChI=1S/C28H24ClN3O4/c1-31(2)17-9-11-18(12-10-17)32-25(20-15-30-22-7-5-4-6-19(20)22)24(27(34)28(32)35)26(33)16-8-13-23(36-3)21(29)14-16/h4-15,25,30,33H,1-3H3/b26-24+. The van der Waals surface area contributed by atoms with Gasteiger partial charge in [0, 0.05) is 53.7 Å². The van der Waals surface area contributed by atoms with Crippen LogP contribution in [0.2, 0.25) is 5.02 Å². The minimum absolute atomic E-state index is 0.0114. The van der Waals surface area contributed by atoms with Crippen LogP contribution < -0.4 is 14.5 Å². The summed E-state index contributed by atoms with van der Waals surface area (Å²) in [7, 11) is 5.34. The second-order valence-electron chi connectivity index (χ2n) is 8.72. The van der Waals surface area contributed by atoms with Gasteiger partial charge in [0.15, 0.2) is 0 Å². The van der Waals surface area contributed by atoms with Crippen LogP contribution in [-0.4, -0.2) is 43.0 Å². The van der Waals surface area contributed by atoms with E-state index in [0.29, 0.717) is 22.6 Å². The van der Waals surface area contributed by atoms with Crippen LogP contribution in [0.4, 0.5) is 11.4 Å². The van der Waals surface area contributed by atoms with Crippen molar-refractivity contribution in [3.63, 3.8) is 0 Å². The highest BCUT2D eigenvalue weighted by atomic mass is 35.5. The second kappa shape index (κ2) is 9.09. The maximum atomic E-state index is 13.4. The number of H-pyrrole nitrogens is 1. The SMILES string of the molecule is COc1ccc(/C(O)=C2\C(=O)C(=O)N(c3ccc(N(C)C)cc3)C2c2c[nH]c3ccccc23)cc1Cl. The number of carbonyl (C=O) groups is 2. The monoisotopic (exact) mass is 501 g/mol. The predicted octanol–water partition coefficient (Wildman–Crippen LogP) is 5.52. The van der Waals surface area contributed by atoms with Crippen molar-refractivity contribution in [2.45, 2.75) is 6.04 Å². The number of benzene rings is 3. The lowest BCUT2D eigenvalue weighted by Gasteiger charge is -2.25. The van der Waals surface area contributed by atoms with E-state index in [2.05, 4.69) is 4.98 Å². The van der Waals surface area contributed by atoms with E-state index >= 15 is 0 Å². The third-order valence-corrected chi connectivity index (χ3v) is 6.73. The smallest absolute Gasteiger partial charge is 0.300 e. The van der Waals surface area contributed by atoms with Gasteiger partial charge in [0.1, 0.15) is 11.5 Å². The highest BCUT2D eigenvalue weighted by molar-refractivity contribution is 6.52. The van der Waals surface area contributed by atoms with Gasteiger partial charge in [-0.25, -0.2) is 0 Å². The summed E-state index contributed by atoms with van der Waals surface area (Å²) in [6.07, 6.45) is 1.77. The molecule has 1 atom stereocenters. The number of halogens is 1. The molecular weight excluding hydrogens is 478 g/mol. The molecule has 1 aliphatic rings. The number of aromatic amines is 1. The summed E-state index contributed by atoms with van der Waals surface area (Å²) < 4.78 is 5.21. The van der Waals surface area contributed by atoms with E-state index in [-0.39, 0.29) is 16.4 Å². The average Bonchev–Trinajstić information content (AvgIpc) is 3.42. The molecule has 2 heterocycles. The van der Waals surface area contributed by atoms with Gasteiger partial charge in [-0.05, 0) is 48.5 Å². The van der Waals surface area contributed by atoms with Crippen LogP contribution in [0.3, 0.4) is 0 Å². The molecule has 1 unspecified atom stereocenters. The number of hydrogen-bond acceptors (Lipinski definition) is 5. The molecule has 182 valence electrons. The number of ether oxygens (including phenoxy) is 1. The number of hydrogen-bond donors (Lipinski definition) is 2. The summed E-state index contributed by atoms with van der Waals surface area (Å²) in [6.45, 7) is 0. The molecule has 5 rings (SSSR count).